The van der Waals surface area contributed by atoms with Crippen LogP contribution in [-0.2, 0) is 0 Å². The summed E-state index contributed by atoms with van der Waals surface area (Å²) in [5.74, 6) is 2.46. The standard InChI is InChI=1S/C11H16O/c1-2-7-8-3-4-10(12)11(8)6-5-9(7)11/h5-10,12H,2-4H2,1H3/t7-,8-,9-,10-,11?/m0/s1. The SMILES string of the molecule is CC[C@@H]1[C@@H]2C=CC23[C@@H](O)CC[C@@H]13. The van der Waals surface area contributed by atoms with Crippen LogP contribution in [0.25, 0.3) is 0 Å². The molecule has 0 amide bonds. The van der Waals surface area contributed by atoms with Gasteiger partial charge in [0.2, 0.25) is 0 Å². The lowest BCUT2D eigenvalue weighted by atomic mass is 9.41. The van der Waals surface area contributed by atoms with Gasteiger partial charge in [-0.3, -0.25) is 0 Å². The average molecular weight is 164 g/mol. The van der Waals surface area contributed by atoms with E-state index in [4.69, 9.17) is 0 Å². The lowest BCUT2D eigenvalue weighted by Crippen LogP contribution is -2.60. The third-order valence-corrected chi connectivity index (χ3v) is 4.59. The zero-order chi connectivity index (χ0) is 8.34. The fraction of sp³-hybridized carbons (Fsp3) is 0.818. The molecule has 0 radical (unpaired) electrons. The maximum atomic E-state index is 9.86. The molecule has 5 atom stereocenters. The Morgan fingerprint density at radius 1 is 1.50 bits per heavy atom. The van der Waals surface area contributed by atoms with Crippen LogP contribution in [0.3, 0.4) is 0 Å². The lowest BCUT2D eigenvalue weighted by Gasteiger charge is -2.63. The molecule has 3 rings (SSSR count). The maximum Gasteiger partial charge on any atom is 0.0639 e. The highest BCUT2D eigenvalue weighted by Crippen LogP contribution is 2.70. The summed E-state index contributed by atoms with van der Waals surface area (Å²) in [5, 5.41) is 9.86. The molecule has 2 fully saturated rings. The van der Waals surface area contributed by atoms with E-state index in [9.17, 15) is 5.11 Å². The Balaban J connectivity index is 1.95. The first kappa shape index (κ1) is 7.14. The van der Waals surface area contributed by atoms with Crippen molar-refractivity contribution < 1.29 is 5.11 Å². The Bertz CT molecular complexity index is 245. The normalized spacial score (nSPS) is 60.2. The van der Waals surface area contributed by atoms with Gasteiger partial charge in [0.1, 0.15) is 0 Å². The van der Waals surface area contributed by atoms with Crippen LogP contribution in [0.2, 0.25) is 0 Å². The molecule has 1 nitrogen and oxygen atoms in total. The molecule has 3 aliphatic carbocycles. The Kier molecular flexibility index (Phi) is 1.16. The average Bonchev–Trinajstić information content (AvgIpc) is 2.36. The van der Waals surface area contributed by atoms with Crippen molar-refractivity contribution in [2.75, 3.05) is 0 Å². The summed E-state index contributed by atoms with van der Waals surface area (Å²) < 4.78 is 0. The van der Waals surface area contributed by atoms with E-state index in [1.54, 1.807) is 0 Å². The molecule has 12 heavy (non-hydrogen) atoms. The fourth-order valence-electron chi connectivity index (χ4n) is 3.99. The molecule has 0 aromatic carbocycles. The quantitative estimate of drug-likeness (QED) is 0.587. The van der Waals surface area contributed by atoms with Crippen molar-refractivity contribution in [2.45, 2.75) is 32.3 Å². The number of hydrogen-bond acceptors (Lipinski definition) is 1. The largest absolute Gasteiger partial charge is 0.392 e. The van der Waals surface area contributed by atoms with Crippen molar-refractivity contribution in [3.05, 3.63) is 12.2 Å². The minimum Gasteiger partial charge on any atom is -0.392 e. The minimum atomic E-state index is -0.0136. The van der Waals surface area contributed by atoms with Crippen molar-refractivity contribution >= 4 is 0 Å². The van der Waals surface area contributed by atoms with Crippen molar-refractivity contribution in [3.8, 4) is 0 Å². The van der Waals surface area contributed by atoms with E-state index < -0.39 is 0 Å². The Labute approximate surface area is 73.5 Å². The van der Waals surface area contributed by atoms with Crippen LogP contribution >= 0.6 is 0 Å². The summed E-state index contributed by atoms with van der Waals surface area (Å²) in [6, 6.07) is 0. The molecule has 2 saturated carbocycles. The summed E-state index contributed by atoms with van der Waals surface area (Å²) in [7, 11) is 0. The van der Waals surface area contributed by atoms with E-state index in [-0.39, 0.29) is 11.5 Å². The summed E-state index contributed by atoms with van der Waals surface area (Å²) in [4.78, 5) is 0. The Hall–Kier alpha value is -0.300. The van der Waals surface area contributed by atoms with Gasteiger partial charge in [-0.25, -0.2) is 0 Å². The Morgan fingerprint density at radius 3 is 2.92 bits per heavy atom. The van der Waals surface area contributed by atoms with Gasteiger partial charge in [-0.15, -0.1) is 0 Å². The third-order valence-electron chi connectivity index (χ3n) is 4.59. The van der Waals surface area contributed by atoms with Crippen LogP contribution in [0.4, 0.5) is 0 Å². The monoisotopic (exact) mass is 164 g/mol. The van der Waals surface area contributed by atoms with E-state index in [1.165, 1.54) is 12.8 Å². The molecular formula is C11H16O. The number of aliphatic hydroxyl groups excluding tert-OH is 1. The first-order valence-corrected chi connectivity index (χ1v) is 5.18. The second kappa shape index (κ2) is 1.95. The van der Waals surface area contributed by atoms with Crippen LogP contribution in [-0.4, -0.2) is 11.2 Å². The number of aliphatic hydroxyl groups is 1. The van der Waals surface area contributed by atoms with E-state index in [2.05, 4.69) is 19.1 Å². The molecule has 0 aromatic heterocycles. The van der Waals surface area contributed by atoms with Crippen LogP contribution in [0.1, 0.15) is 26.2 Å². The van der Waals surface area contributed by atoms with Crippen LogP contribution in [0.15, 0.2) is 12.2 Å². The predicted molar refractivity (Wildman–Crippen MR) is 47.6 cm³/mol. The lowest BCUT2D eigenvalue weighted by molar-refractivity contribution is -0.117. The molecule has 0 aromatic rings. The molecule has 1 spiro atoms. The number of rotatable bonds is 1. The molecule has 66 valence electrons. The molecule has 1 unspecified atom stereocenters. The molecule has 0 heterocycles. The van der Waals surface area contributed by atoms with Gasteiger partial charge in [0.25, 0.3) is 0 Å². The molecule has 1 N–H and O–H groups in total. The van der Waals surface area contributed by atoms with Crippen LogP contribution < -0.4 is 0 Å². The van der Waals surface area contributed by atoms with Gasteiger partial charge in [0.15, 0.2) is 0 Å². The van der Waals surface area contributed by atoms with Crippen LogP contribution in [0.5, 0.6) is 0 Å². The van der Waals surface area contributed by atoms with Crippen molar-refractivity contribution in [3.63, 3.8) is 0 Å². The minimum absolute atomic E-state index is 0.0136. The second-order valence-corrected chi connectivity index (χ2v) is 4.66. The number of hydrogen-bond donors (Lipinski definition) is 1. The zero-order valence-corrected chi connectivity index (χ0v) is 7.53. The molecule has 0 aliphatic heterocycles. The van der Waals surface area contributed by atoms with E-state index in [1.807, 2.05) is 0 Å². The predicted octanol–water partition coefficient (Wildman–Crippen LogP) is 1.97. The van der Waals surface area contributed by atoms with Crippen molar-refractivity contribution in [1.29, 1.82) is 0 Å². The highest BCUT2D eigenvalue weighted by atomic mass is 16.3. The summed E-state index contributed by atoms with van der Waals surface area (Å²) >= 11 is 0. The topological polar surface area (TPSA) is 20.2 Å². The Morgan fingerprint density at radius 2 is 2.33 bits per heavy atom. The maximum absolute atomic E-state index is 9.86. The van der Waals surface area contributed by atoms with Crippen molar-refractivity contribution in [2.24, 2.45) is 23.2 Å². The first-order valence-electron chi connectivity index (χ1n) is 5.18. The summed E-state index contributed by atoms with van der Waals surface area (Å²) in [5.41, 5.74) is 0.278. The highest BCUT2D eigenvalue weighted by molar-refractivity contribution is 5.34. The second-order valence-electron chi connectivity index (χ2n) is 4.66. The van der Waals surface area contributed by atoms with Gasteiger partial charge in [-0.05, 0) is 30.6 Å². The summed E-state index contributed by atoms with van der Waals surface area (Å²) in [6.45, 7) is 2.28. The molecule has 0 saturated heterocycles. The fourth-order valence-corrected chi connectivity index (χ4v) is 3.99. The van der Waals surface area contributed by atoms with E-state index >= 15 is 0 Å². The van der Waals surface area contributed by atoms with E-state index in [0.29, 0.717) is 0 Å². The first-order chi connectivity index (χ1) is 5.80. The van der Waals surface area contributed by atoms with Gasteiger partial charge < -0.3 is 5.11 Å². The van der Waals surface area contributed by atoms with Gasteiger partial charge in [-0.1, -0.05) is 25.5 Å². The third kappa shape index (κ3) is 0.490. The van der Waals surface area contributed by atoms with Gasteiger partial charge in [-0.2, -0.15) is 0 Å². The highest BCUT2D eigenvalue weighted by Gasteiger charge is 2.68. The zero-order valence-electron chi connectivity index (χ0n) is 7.53. The van der Waals surface area contributed by atoms with Crippen LogP contribution in [0, 0.1) is 23.2 Å². The van der Waals surface area contributed by atoms with Crippen molar-refractivity contribution in [1.82, 2.24) is 0 Å². The molecule has 1 heteroatoms. The molecule has 3 aliphatic rings. The summed E-state index contributed by atoms with van der Waals surface area (Å²) in [6.07, 6.45) is 8.20. The van der Waals surface area contributed by atoms with Gasteiger partial charge in [0.05, 0.1) is 6.10 Å². The number of allylic oxidation sites excluding steroid dienone is 1. The molecule has 0 bridgehead atoms. The smallest absolute Gasteiger partial charge is 0.0639 e. The molecular weight excluding hydrogens is 148 g/mol. The van der Waals surface area contributed by atoms with Gasteiger partial charge in [0, 0.05) is 5.41 Å². The van der Waals surface area contributed by atoms with E-state index in [0.717, 1.165) is 24.2 Å². The van der Waals surface area contributed by atoms with Gasteiger partial charge >= 0.3 is 0 Å².